The van der Waals surface area contributed by atoms with Gasteiger partial charge in [0, 0.05) is 0 Å². The second-order valence-corrected chi connectivity index (χ2v) is 7.86. The van der Waals surface area contributed by atoms with Gasteiger partial charge in [-0.1, -0.05) is 32.1 Å². The van der Waals surface area contributed by atoms with Crippen molar-refractivity contribution in [3.8, 4) is 0 Å². The van der Waals surface area contributed by atoms with E-state index in [-0.39, 0.29) is 5.60 Å². The Bertz CT molecular complexity index is 192. The molecule has 0 atom stereocenters. The molecular formula is C17H38NO2+. The van der Waals surface area contributed by atoms with Crippen molar-refractivity contribution >= 4 is 0 Å². The second-order valence-electron chi connectivity index (χ2n) is 7.86. The molecule has 0 heterocycles. The van der Waals surface area contributed by atoms with Crippen LogP contribution in [0.15, 0.2) is 0 Å². The first-order valence-electron chi connectivity index (χ1n) is 8.32. The van der Waals surface area contributed by atoms with Gasteiger partial charge in [0.1, 0.15) is 0 Å². The molecule has 0 aliphatic carbocycles. The van der Waals surface area contributed by atoms with E-state index in [1.807, 2.05) is 20.8 Å². The van der Waals surface area contributed by atoms with Crippen molar-refractivity contribution in [1.82, 2.24) is 0 Å². The van der Waals surface area contributed by atoms with Crippen LogP contribution < -0.4 is 0 Å². The van der Waals surface area contributed by atoms with Gasteiger partial charge in [-0.25, -0.2) is 9.78 Å². The third kappa shape index (κ3) is 17.9. The number of unbranched alkanes of at least 4 members (excludes halogenated alkanes) is 7. The van der Waals surface area contributed by atoms with Crippen LogP contribution in [0.3, 0.4) is 0 Å². The van der Waals surface area contributed by atoms with Crippen molar-refractivity contribution in [3.63, 3.8) is 0 Å². The molecule has 0 fully saturated rings. The fourth-order valence-corrected chi connectivity index (χ4v) is 2.03. The van der Waals surface area contributed by atoms with Crippen LogP contribution in [0.5, 0.6) is 0 Å². The van der Waals surface area contributed by atoms with E-state index in [4.69, 9.17) is 9.78 Å². The van der Waals surface area contributed by atoms with Gasteiger partial charge in [0.25, 0.3) is 0 Å². The van der Waals surface area contributed by atoms with Crippen LogP contribution in [-0.2, 0) is 9.78 Å². The van der Waals surface area contributed by atoms with Gasteiger partial charge in [-0.3, -0.25) is 0 Å². The molecule has 0 rings (SSSR count). The lowest BCUT2D eigenvalue weighted by Gasteiger charge is -2.23. The van der Waals surface area contributed by atoms with E-state index in [2.05, 4.69) is 21.1 Å². The molecule has 0 saturated carbocycles. The van der Waals surface area contributed by atoms with E-state index < -0.39 is 0 Å². The smallest absolute Gasteiger partial charge is 0.0952 e. The monoisotopic (exact) mass is 288 g/mol. The molecule has 0 radical (unpaired) electrons. The number of hydrogen-bond donors (Lipinski definition) is 0. The van der Waals surface area contributed by atoms with Crippen molar-refractivity contribution in [2.75, 3.05) is 34.3 Å². The van der Waals surface area contributed by atoms with Crippen LogP contribution >= 0.6 is 0 Å². The Morgan fingerprint density at radius 1 is 0.700 bits per heavy atom. The van der Waals surface area contributed by atoms with Crippen molar-refractivity contribution in [2.45, 2.75) is 77.7 Å². The third-order valence-electron chi connectivity index (χ3n) is 3.12. The minimum atomic E-state index is -0.189. The Hall–Kier alpha value is -0.120. The Labute approximate surface area is 127 Å². The zero-order valence-corrected chi connectivity index (χ0v) is 14.8. The van der Waals surface area contributed by atoms with E-state index >= 15 is 0 Å². The predicted molar refractivity (Wildman–Crippen MR) is 86.6 cm³/mol. The molecule has 20 heavy (non-hydrogen) atoms. The van der Waals surface area contributed by atoms with Crippen molar-refractivity contribution in [3.05, 3.63) is 0 Å². The average molecular weight is 288 g/mol. The molecule has 0 aromatic heterocycles. The lowest BCUT2D eigenvalue weighted by molar-refractivity contribution is -0.870. The van der Waals surface area contributed by atoms with Gasteiger partial charge >= 0.3 is 0 Å². The summed E-state index contributed by atoms with van der Waals surface area (Å²) in [5.74, 6) is 0. The van der Waals surface area contributed by atoms with Crippen LogP contribution in [0.2, 0.25) is 0 Å². The standard InChI is InChI=1S/C17H38NO2/c1-17(2,3)20-19-16-14-12-10-8-7-9-11-13-15-18(4,5)6/h7-16H2,1-6H3/q+1. The minimum absolute atomic E-state index is 0.189. The largest absolute Gasteiger partial charge is 0.331 e. The van der Waals surface area contributed by atoms with Crippen LogP contribution in [0.4, 0.5) is 0 Å². The van der Waals surface area contributed by atoms with Gasteiger partial charge in [0.05, 0.1) is 39.9 Å². The first-order valence-corrected chi connectivity index (χ1v) is 8.32. The van der Waals surface area contributed by atoms with E-state index in [1.54, 1.807) is 0 Å². The van der Waals surface area contributed by atoms with E-state index in [9.17, 15) is 0 Å². The maximum atomic E-state index is 5.23. The van der Waals surface area contributed by atoms with Gasteiger partial charge in [-0.2, -0.15) is 0 Å². The SMILES string of the molecule is CC(C)(C)OOCCCCCCCCCC[N+](C)(C)C. The lowest BCUT2D eigenvalue weighted by Crippen LogP contribution is -2.35. The number of hydrogen-bond acceptors (Lipinski definition) is 2. The van der Waals surface area contributed by atoms with Crippen LogP contribution in [0.1, 0.15) is 72.1 Å². The number of rotatable bonds is 12. The summed E-state index contributed by atoms with van der Waals surface area (Å²) in [4.78, 5) is 10.4. The van der Waals surface area contributed by atoms with Crippen LogP contribution in [0, 0.1) is 0 Å². The molecule has 3 nitrogen and oxygen atoms in total. The molecule has 0 aliphatic rings. The molecular weight excluding hydrogens is 250 g/mol. The lowest BCUT2D eigenvalue weighted by atomic mass is 10.1. The summed E-state index contributed by atoms with van der Waals surface area (Å²) >= 11 is 0. The quantitative estimate of drug-likeness (QED) is 0.227. The molecule has 3 heteroatoms. The van der Waals surface area contributed by atoms with Crippen LogP contribution in [0.25, 0.3) is 0 Å². The van der Waals surface area contributed by atoms with Crippen molar-refractivity contribution in [2.24, 2.45) is 0 Å². The summed E-state index contributed by atoms with van der Waals surface area (Å²) in [5, 5.41) is 0. The van der Waals surface area contributed by atoms with E-state index in [0.29, 0.717) is 0 Å². The molecule has 122 valence electrons. The van der Waals surface area contributed by atoms with Gasteiger partial charge < -0.3 is 4.48 Å². The molecule has 0 N–H and O–H groups in total. The first kappa shape index (κ1) is 19.9. The molecule has 0 aromatic carbocycles. The Kier molecular flexibility index (Phi) is 10.5. The number of quaternary nitrogens is 1. The topological polar surface area (TPSA) is 18.5 Å². The molecule has 0 aliphatic heterocycles. The summed E-state index contributed by atoms with van der Waals surface area (Å²) in [6, 6.07) is 0. The fraction of sp³-hybridized carbons (Fsp3) is 1.00. The Morgan fingerprint density at radius 2 is 1.15 bits per heavy atom. The second kappa shape index (κ2) is 10.6. The summed E-state index contributed by atoms with van der Waals surface area (Å²) in [6.45, 7) is 8.04. The summed E-state index contributed by atoms with van der Waals surface area (Å²) in [5.41, 5.74) is -0.189. The van der Waals surface area contributed by atoms with Crippen LogP contribution in [-0.4, -0.2) is 44.4 Å². The molecule has 0 saturated heterocycles. The highest BCUT2D eigenvalue weighted by molar-refractivity contribution is 4.54. The molecule has 0 amide bonds. The zero-order chi connectivity index (χ0) is 15.5. The average Bonchev–Trinajstić information content (AvgIpc) is 2.27. The van der Waals surface area contributed by atoms with Gasteiger partial charge in [0.2, 0.25) is 0 Å². The number of nitrogens with zero attached hydrogens (tertiary/aromatic N) is 1. The maximum absolute atomic E-state index is 5.23. The molecule has 0 bridgehead atoms. The minimum Gasteiger partial charge on any atom is -0.331 e. The maximum Gasteiger partial charge on any atom is 0.0952 e. The van der Waals surface area contributed by atoms with Gasteiger partial charge in [0.15, 0.2) is 0 Å². The summed E-state index contributed by atoms with van der Waals surface area (Å²) < 4.78 is 1.09. The Balaban J connectivity index is 3.10. The first-order chi connectivity index (χ1) is 9.21. The van der Waals surface area contributed by atoms with Crippen molar-refractivity contribution < 1.29 is 14.3 Å². The van der Waals surface area contributed by atoms with Gasteiger partial charge in [-0.15, -0.1) is 0 Å². The summed E-state index contributed by atoms with van der Waals surface area (Å²) in [6.07, 6.45) is 10.6. The molecule has 0 spiro atoms. The molecule has 0 unspecified atom stereocenters. The fourth-order valence-electron chi connectivity index (χ4n) is 2.03. The highest BCUT2D eigenvalue weighted by Gasteiger charge is 2.10. The van der Waals surface area contributed by atoms with Gasteiger partial charge in [-0.05, 0) is 40.0 Å². The summed E-state index contributed by atoms with van der Waals surface area (Å²) in [7, 11) is 6.81. The van der Waals surface area contributed by atoms with E-state index in [1.165, 1.54) is 51.5 Å². The Morgan fingerprint density at radius 3 is 1.60 bits per heavy atom. The normalized spacial score (nSPS) is 12.9. The highest BCUT2D eigenvalue weighted by atomic mass is 17.2. The molecule has 0 aromatic rings. The third-order valence-corrected chi connectivity index (χ3v) is 3.12. The highest BCUT2D eigenvalue weighted by Crippen LogP contribution is 2.11. The zero-order valence-electron chi connectivity index (χ0n) is 14.8. The van der Waals surface area contributed by atoms with Crippen molar-refractivity contribution in [1.29, 1.82) is 0 Å². The predicted octanol–water partition coefficient (Wildman–Crippen LogP) is 4.56. The van der Waals surface area contributed by atoms with E-state index in [0.717, 1.165) is 17.5 Å².